The minimum absolute atomic E-state index is 0.0496. The highest BCUT2D eigenvalue weighted by atomic mass is 16.5. The predicted molar refractivity (Wildman–Crippen MR) is 122 cm³/mol. The van der Waals surface area contributed by atoms with Crippen LogP contribution in [0.4, 0.5) is 0 Å². The lowest BCUT2D eigenvalue weighted by molar-refractivity contribution is -0.126. The van der Waals surface area contributed by atoms with Crippen molar-refractivity contribution in [3.63, 3.8) is 0 Å². The van der Waals surface area contributed by atoms with E-state index in [0.29, 0.717) is 42.1 Å². The smallest absolute Gasteiger partial charge is 0.340 e. The van der Waals surface area contributed by atoms with Crippen LogP contribution in [-0.2, 0) is 16.1 Å². The van der Waals surface area contributed by atoms with Crippen LogP contribution in [0.3, 0.4) is 0 Å². The molecule has 7 heteroatoms. The van der Waals surface area contributed by atoms with Crippen molar-refractivity contribution in [1.29, 1.82) is 0 Å². The molecule has 2 N–H and O–H groups in total. The molecule has 0 saturated carbocycles. The van der Waals surface area contributed by atoms with Crippen molar-refractivity contribution in [2.45, 2.75) is 47.1 Å². The zero-order chi connectivity index (χ0) is 23.3. The minimum atomic E-state index is -0.410. The lowest BCUT2D eigenvalue weighted by Crippen LogP contribution is -2.42. The highest BCUT2D eigenvalue weighted by Crippen LogP contribution is 2.27. The molecule has 7 nitrogen and oxygen atoms in total. The number of carbonyl (C=O) groups is 3. The summed E-state index contributed by atoms with van der Waals surface area (Å²) in [4.78, 5) is 42.8. The number of hydrogen-bond acceptors (Lipinski definition) is 4. The van der Waals surface area contributed by atoms with Gasteiger partial charge in [-0.3, -0.25) is 9.59 Å². The van der Waals surface area contributed by atoms with Gasteiger partial charge in [0.15, 0.2) is 0 Å². The Morgan fingerprint density at radius 2 is 1.81 bits per heavy atom. The van der Waals surface area contributed by atoms with Gasteiger partial charge in [0.2, 0.25) is 5.91 Å². The molecule has 2 heterocycles. The summed E-state index contributed by atoms with van der Waals surface area (Å²) in [6.07, 6.45) is 1.55. The first kappa shape index (κ1) is 23.6. The summed E-state index contributed by atoms with van der Waals surface area (Å²) in [6, 6.07) is 9.86. The van der Waals surface area contributed by atoms with Crippen molar-refractivity contribution in [2.24, 2.45) is 11.8 Å². The summed E-state index contributed by atoms with van der Waals surface area (Å²) in [5.74, 6) is -0.349. The van der Waals surface area contributed by atoms with Gasteiger partial charge >= 0.3 is 5.97 Å². The van der Waals surface area contributed by atoms with E-state index >= 15 is 0 Å². The monoisotopic (exact) mass is 439 g/mol. The Balaban J connectivity index is 1.56. The number of aryl methyl sites for hydroxylation is 1. The number of aromatic amines is 1. The van der Waals surface area contributed by atoms with Crippen LogP contribution in [0.5, 0.6) is 0 Å². The van der Waals surface area contributed by atoms with Crippen molar-refractivity contribution >= 4 is 17.8 Å². The summed E-state index contributed by atoms with van der Waals surface area (Å²) in [6.45, 7) is 9.26. The van der Waals surface area contributed by atoms with E-state index in [4.69, 9.17) is 4.74 Å². The zero-order valence-electron chi connectivity index (χ0n) is 19.4. The lowest BCUT2D eigenvalue weighted by atomic mass is 9.84. The maximum absolute atomic E-state index is 13.1. The van der Waals surface area contributed by atoms with E-state index in [1.54, 1.807) is 25.7 Å². The Morgan fingerprint density at radius 1 is 1.16 bits per heavy atom. The van der Waals surface area contributed by atoms with E-state index in [1.165, 1.54) is 0 Å². The lowest BCUT2D eigenvalue weighted by Gasteiger charge is -2.34. The van der Waals surface area contributed by atoms with Crippen LogP contribution in [0.15, 0.2) is 30.3 Å². The number of nitrogens with one attached hydrogen (secondary N) is 2. The molecule has 0 aliphatic carbocycles. The molecule has 0 bridgehead atoms. The highest BCUT2D eigenvalue weighted by molar-refractivity contribution is 6.00. The minimum Gasteiger partial charge on any atom is -0.462 e. The molecule has 0 spiro atoms. The third-order valence-corrected chi connectivity index (χ3v) is 6.39. The number of aromatic nitrogens is 1. The average molecular weight is 440 g/mol. The molecular weight excluding hydrogens is 406 g/mol. The molecule has 1 aliphatic heterocycles. The molecular formula is C25H33N3O4. The Kier molecular flexibility index (Phi) is 7.72. The van der Waals surface area contributed by atoms with Gasteiger partial charge in [-0.15, -0.1) is 0 Å². The second-order valence-electron chi connectivity index (χ2n) is 8.47. The third kappa shape index (κ3) is 5.21. The quantitative estimate of drug-likeness (QED) is 0.645. The van der Waals surface area contributed by atoms with Crippen LogP contribution >= 0.6 is 0 Å². The van der Waals surface area contributed by atoms with Crippen LogP contribution in [0.2, 0.25) is 0 Å². The number of hydrogen-bond donors (Lipinski definition) is 2. The van der Waals surface area contributed by atoms with Crippen molar-refractivity contribution in [2.75, 3.05) is 19.7 Å². The number of amides is 2. The van der Waals surface area contributed by atoms with Gasteiger partial charge < -0.3 is 19.9 Å². The Morgan fingerprint density at radius 3 is 2.44 bits per heavy atom. The number of ether oxygens (including phenoxy) is 1. The second kappa shape index (κ2) is 10.5. The highest BCUT2D eigenvalue weighted by Gasteiger charge is 2.32. The van der Waals surface area contributed by atoms with Gasteiger partial charge in [0.1, 0.15) is 5.69 Å². The van der Waals surface area contributed by atoms with Gasteiger partial charge in [-0.05, 0) is 50.7 Å². The summed E-state index contributed by atoms with van der Waals surface area (Å²) >= 11 is 0. The van der Waals surface area contributed by atoms with Crippen molar-refractivity contribution in [1.82, 2.24) is 15.2 Å². The third-order valence-electron chi connectivity index (χ3n) is 6.39. The summed E-state index contributed by atoms with van der Waals surface area (Å²) in [7, 11) is 0. The van der Waals surface area contributed by atoms with E-state index in [0.717, 1.165) is 18.4 Å². The Bertz CT molecular complexity index is 959. The first-order valence-electron chi connectivity index (χ1n) is 11.3. The molecule has 2 aromatic rings. The number of piperidine rings is 1. The van der Waals surface area contributed by atoms with E-state index < -0.39 is 5.97 Å². The number of rotatable bonds is 7. The van der Waals surface area contributed by atoms with E-state index in [1.807, 2.05) is 37.3 Å². The predicted octanol–water partition coefficient (Wildman–Crippen LogP) is 3.61. The Labute approximate surface area is 189 Å². The fourth-order valence-corrected chi connectivity index (χ4v) is 4.39. The van der Waals surface area contributed by atoms with Crippen LogP contribution in [0, 0.1) is 25.7 Å². The van der Waals surface area contributed by atoms with Gasteiger partial charge in [0.25, 0.3) is 5.91 Å². The number of carbonyl (C=O) groups excluding carboxylic acids is 3. The maximum atomic E-state index is 13.1. The molecule has 1 fully saturated rings. The average Bonchev–Trinajstić information content (AvgIpc) is 3.11. The molecule has 1 aliphatic rings. The molecule has 172 valence electrons. The van der Waals surface area contributed by atoms with E-state index in [2.05, 4.69) is 10.3 Å². The van der Waals surface area contributed by atoms with Crippen molar-refractivity contribution in [3.8, 4) is 0 Å². The van der Waals surface area contributed by atoms with Gasteiger partial charge in [0.05, 0.1) is 12.2 Å². The Hall–Kier alpha value is -3.09. The largest absolute Gasteiger partial charge is 0.462 e. The molecule has 2 amide bonds. The molecule has 1 aromatic carbocycles. The van der Waals surface area contributed by atoms with Crippen LogP contribution in [-0.4, -0.2) is 47.4 Å². The van der Waals surface area contributed by atoms with Crippen LogP contribution in [0.1, 0.15) is 64.4 Å². The summed E-state index contributed by atoms with van der Waals surface area (Å²) in [5, 5.41) is 3.02. The zero-order valence-corrected chi connectivity index (χ0v) is 19.4. The molecule has 1 saturated heterocycles. The number of nitrogens with zero attached hydrogens (tertiary/aromatic N) is 1. The van der Waals surface area contributed by atoms with Gasteiger partial charge in [0, 0.05) is 31.2 Å². The van der Waals surface area contributed by atoms with E-state index in [-0.39, 0.29) is 30.3 Å². The van der Waals surface area contributed by atoms with Crippen molar-refractivity contribution < 1.29 is 19.1 Å². The molecule has 1 aromatic heterocycles. The maximum Gasteiger partial charge on any atom is 0.340 e. The van der Waals surface area contributed by atoms with E-state index in [9.17, 15) is 14.4 Å². The molecule has 1 unspecified atom stereocenters. The number of H-pyrrole nitrogens is 1. The van der Waals surface area contributed by atoms with Gasteiger partial charge in [-0.1, -0.05) is 37.3 Å². The summed E-state index contributed by atoms with van der Waals surface area (Å²) < 4.78 is 5.12. The first-order valence-corrected chi connectivity index (χ1v) is 11.3. The van der Waals surface area contributed by atoms with Crippen LogP contribution < -0.4 is 5.32 Å². The topological polar surface area (TPSA) is 91.5 Å². The van der Waals surface area contributed by atoms with Gasteiger partial charge in [-0.25, -0.2) is 4.79 Å². The van der Waals surface area contributed by atoms with Crippen molar-refractivity contribution in [3.05, 3.63) is 58.4 Å². The first-order chi connectivity index (χ1) is 15.3. The number of likely N-dealkylation sites (tertiary alicyclic amines) is 1. The molecule has 0 radical (unpaired) electrons. The summed E-state index contributed by atoms with van der Waals surface area (Å²) in [5.41, 5.74) is 3.23. The second-order valence-corrected chi connectivity index (χ2v) is 8.47. The molecule has 32 heavy (non-hydrogen) atoms. The number of benzene rings is 1. The molecule has 3 rings (SSSR count). The fourth-order valence-electron chi connectivity index (χ4n) is 4.39. The molecule has 1 atom stereocenters. The standard InChI is InChI=1S/C25H33N3O4/c1-5-32-25(31)21-17(3)22(27-18(21)4)24(30)28-13-11-20(12-14-28)16(2)23(29)26-15-19-9-7-6-8-10-19/h6-10,16,20,27H,5,11-15H2,1-4H3,(H,26,29). The van der Waals surface area contributed by atoms with Crippen LogP contribution in [0.25, 0.3) is 0 Å². The normalized spacial score (nSPS) is 15.3. The van der Waals surface area contributed by atoms with Gasteiger partial charge in [-0.2, -0.15) is 0 Å². The number of esters is 1. The SMILES string of the molecule is CCOC(=O)c1c(C)[nH]c(C(=O)N2CCC(C(C)C(=O)NCc3ccccc3)CC2)c1C. The fraction of sp³-hybridized carbons (Fsp3) is 0.480.